The van der Waals surface area contributed by atoms with Crippen molar-refractivity contribution in [3.8, 4) is 0 Å². The number of nitrogens with zero attached hydrogens (tertiary/aromatic N) is 2. The van der Waals surface area contributed by atoms with E-state index < -0.39 is 10.2 Å². The molecule has 0 fully saturated rings. The Morgan fingerprint density at radius 1 is 1.50 bits per heavy atom. The molecule has 0 amide bonds. The van der Waals surface area contributed by atoms with Crippen molar-refractivity contribution in [2.75, 3.05) is 53.5 Å². The van der Waals surface area contributed by atoms with Crippen LogP contribution in [0.5, 0.6) is 0 Å². The van der Waals surface area contributed by atoms with E-state index in [1.165, 1.54) is 14.2 Å². The molecule has 0 unspecified atom stereocenters. The number of rotatable bonds is 9. The van der Waals surface area contributed by atoms with Gasteiger partial charge in [0, 0.05) is 33.8 Å². The van der Waals surface area contributed by atoms with Crippen LogP contribution in [0.2, 0.25) is 0 Å². The predicted octanol–water partition coefficient (Wildman–Crippen LogP) is 0.441. The molecule has 1 N–H and O–H groups in total. The van der Waals surface area contributed by atoms with Gasteiger partial charge in [-0.2, -0.15) is 17.0 Å². The average Bonchev–Trinajstić information content (AvgIpc) is 2.44. The highest BCUT2D eigenvalue weighted by Crippen LogP contribution is 2.16. The predicted molar refractivity (Wildman–Crippen MR) is 80.9 cm³/mol. The molecule has 1 aliphatic heterocycles. The molecule has 0 saturated heterocycles. The largest absolute Gasteiger partial charge is 0.380 e. The van der Waals surface area contributed by atoms with Crippen LogP contribution in [0.25, 0.3) is 0 Å². The summed E-state index contributed by atoms with van der Waals surface area (Å²) in [5.74, 6) is 0. The maximum Gasteiger partial charge on any atom is 0.282 e. The molecule has 1 aliphatic rings. The molecule has 0 bridgehead atoms. The minimum absolute atomic E-state index is 0.443. The van der Waals surface area contributed by atoms with E-state index >= 15 is 0 Å². The molecule has 20 heavy (non-hydrogen) atoms. The molecule has 0 aromatic rings. The van der Waals surface area contributed by atoms with E-state index in [0.717, 1.165) is 25.9 Å². The van der Waals surface area contributed by atoms with Crippen molar-refractivity contribution < 1.29 is 13.2 Å². The second-order valence-corrected chi connectivity index (χ2v) is 6.98. The second-order valence-electron chi connectivity index (χ2n) is 4.94. The highest BCUT2D eigenvalue weighted by atomic mass is 32.2. The van der Waals surface area contributed by atoms with E-state index in [1.807, 2.05) is 13.0 Å². The maximum absolute atomic E-state index is 12.4. The fourth-order valence-corrected chi connectivity index (χ4v) is 3.47. The summed E-state index contributed by atoms with van der Waals surface area (Å²) in [6, 6.07) is 0. The molecule has 0 radical (unpaired) electrons. The molecule has 0 saturated carbocycles. The molecule has 7 heteroatoms. The van der Waals surface area contributed by atoms with Gasteiger partial charge in [-0.15, -0.1) is 0 Å². The lowest BCUT2D eigenvalue weighted by molar-refractivity contribution is 0.218. The van der Waals surface area contributed by atoms with Crippen LogP contribution >= 0.6 is 0 Å². The van der Waals surface area contributed by atoms with Gasteiger partial charge in [-0.3, -0.25) is 0 Å². The minimum Gasteiger partial charge on any atom is -0.380 e. The van der Waals surface area contributed by atoms with Crippen LogP contribution in [0, 0.1) is 0 Å². The van der Waals surface area contributed by atoms with Crippen molar-refractivity contribution >= 4 is 10.2 Å². The second kappa shape index (κ2) is 8.74. The fourth-order valence-electron chi connectivity index (χ4n) is 2.13. The van der Waals surface area contributed by atoms with Gasteiger partial charge < -0.3 is 10.1 Å². The van der Waals surface area contributed by atoms with Crippen molar-refractivity contribution in [2.45, 2.75) is 19.8 Å². The summed E-state index contributed by atoms with van der Waals surface area (Å²) in [4.78, 5) is 0. The molecular weight excluding hydrogens is 278 g/mol. The molecule has 0 aromatic carbocycles. The minimum atomic E-state index is -3.33. The Labute approximate surface area is 123 Å². The third-order valence-corrected chi connectivity index (χ3v) is 5.35. The van der Waals surface area contributed by atoms with E-state index in [1.54, 1.807) is 14.2 Å². The molecule has 0 spiro atoms. The number of methoxy groups -OCH3 is 1. The summed E-state index contributed by atoms with van der Waals surface area (Å²) in [5, 5.41) is 3.20. The topological polar surface area (TPSA) is 61.9 Å². The van der Waals surface area contributed by atoms with Crippen LogP contribution in [-0.2, 0) is 14.9 Å². The first kappa shape index (κ1) is 17.6. The summed E-state index contributed by atoms with van der Waals surface area (Å²) >= 11 is 0. The zero-order chi connectivity index (χ0) is 15.0. The van der Waals surface area contributed by atoms with E-state index in [4.69, 9.17) is 4.74 Å². The van der Waals surface area contributed by atoms with Crippen LogP contribution in [0.3, 0.4) is 0 Å². The van der Waals surface area contributed by atoms with Crippen molar-refractivity contribution in [1.29, 1.82) is 0 Å². The maximum atomic E-state index is 12.4. The van der Waals surface area contributed by atoms with Gasteiger partial charge in [0.25, 0.3) is 10.2 Å². The van der Waals surface area contributed by atoms with E-state index in [-0.39, 0.29) is 0 Å². The summed E-state index contributed by atoms with van der Waals surface area (Å²) in [5.41, 5.74) is 1.17. The molecule has 0 aromatic heterocycles. The SMILES string of the molecule is CCNCCCN(C)S(=O)(=O)N1CC=C(COC)CC1. The Bertz CT molecular complexity index is 409. The van der Waals surface area contributed by atoms with Gasteiger partial charge in [0.15, 0.2) is 0 Å². The van der Waals surface area contributed by atoms with Gasteiger partial charge in [-0.1, -0.05) is 13.0 Å². The normalized spacial score (nSPS) is 17.5. The molecular formula is C13H27N3O3S. The van der Waals surface area contributed by atoms with Gasteiger partial charge in [0.2, 0.25) is 0 Å². The number of hydrogen-bond donors (Lipinski definition) is 1. The van der Waals surface area contributed by atoms with Gasteiger partial charge in [0.1, 0.15) is 0 Å². The Kier molecular flexibility index (Phi) is 7.68. The van der Waals surface area contributed by atoms with Crippen molar-refractivity contribution in [1.82, 2.24) is 13.9 Å². The third kappa shape index (κ3) is 5.14. The van der Waals surface area contributed by atoms with E-state index in [2.05, 4.69) is 5.32 Å². The number of nitrogens with one attached hydrogen (secondary N) is 1. The lowest BCUT2D eigenvalue weighted by Gasteiger charge is -2.29. The smallest absolute Gasteiger partial charge is 0.282 e. The first-order chi connectivity index (χ1) is 9.52. The van der Waals surface area contributed by atoms with Gasteiger partial charge in [-0.05, 0) is 31.5 Å². The molecule has 0 atom stereocenters. The quantitative estimate of drug-likeness (QED) is 0.496. The monoisotopic (exact) mass is 305 g/mol. The highest BCUT2D eigenvalue weighted by Gasteiger charge is 2.27. The van der Waals surface area contributed by atoms with Crippen LogP contribution in [0.1, 0.15) is 19.8 Å². The number of hydrogen-bond acceptors (Lipinski definition) is 4. The lowest BCUT2D eigenvalue weighted by atomic mass is 10.1. The van der Waals surface area contributed by atoms with Crippen molar-refractivity contribution in [3.05, 3.63) is 11.6 Å². The Balaban J connectivity index is 2.48. The first-order valence-corrected chi connectivity index (χ1v) is 8.51. The van der Waals surface area contributed by atoms with Crippen molar-refractivity contribution in [2.24, 2.45) is 0 Å². The van der Waals surface area contributed by atoms with Crippen LogP contribution in [0.4, 0.5) is 0 Å². The molecule has 6 nitrogen and oxygen atoms in total. The van der Waals surface area contributed by atoms with Gasteiger partial charge in [-0.25, -0.2) is 0 Å². The van der Waals surface area contributed by atoms with Gasteiger partial charge in [0.05, 0.1) is 6.61 Å². The lowest BCUT2D eigenvalue weighted by Crippen LogP contribution is -2.44. The first-order valence-electron chi connectivity index (χ1n) is 7.11. The average molecular weight is 305 g/mol. The fraction of sp³-hybridized carbons (Fsp3) is 0.846. The molecule has 0 aliphatic carbocycles. The molecule has 1 heterocycles. The van der Waals surface area contributed by atoms with E-state index in [0.29, 0.717) is 26.2 Å². The summed E-state index contributed by atoms with van der Waals surface area (Å²) < 4.78 is 32.8. The Hall–Kier alpha value is -0.470. The summed E-state index contributed by atoms with van der Waals surface area (Å²) in [7, 11) is -0.0308. The standard InChI is InChI=1S/C13H27N3O3S/c1-4-14-8-5-9-15(2)20(17,18)16-10-6-13(7-11-16)12-19-3/h6,14H,4-5,7-12H2,1-3H3. The molecule has 118 valence electrons. The number of ether oxygens (including phenoxy) is 1. The zero-order valence-corrected chi connectivity index (χ0v) is 13.6. The highest BCUT2D eigenvalue weighted by molar-refractivity contribution is 7.86. The van der Waals surface area contributed by atoms with Gasteiger partial charge >= 0.3 is 0 Å². The summed E-state index contributed by atoms with van der Waals surface area (Å²) in [6.45, 7) is 5.91. The Morgan fingerprint density at radius 2 is 2.25 bits per heavy atom. The van der Waals surface area contributed by atoms with Crippen LogP contribution in [0.15, 0.2) is 11.6 Å². The van der Waals surface area contributed by atoms with Crippen molar-refractivity contribution in [3.63, 3.8) is 0 Å². The molecule has 1 rings (SSSR count). The van der Waals surface area contributed by atoms with Crippen LogP contribution in [-0.4, -0.2) is 70.5 Å². The Morgan fingerprint density at radius 3 is 2.80 bits per heavy atom. The summed E-state index contributed by atoms with van der Waals surface area (Å²) in [6.07, 6.45) is 3.53. The van der Waals surface area contributed by atoms with Crippen LogP contribution < -0.4 is 5.32 Å². The van der Waals surface area contributed by atoms with E-state index in [9.17, 15) is 8.42 Å². The third-order valence-electron chi connectivity index (χ3n) is 3.39. The zero-order valence-electron chi connectivity index (χ0n) is 12.8.